The third-order valence-electron chi connectivity index (χ3n) is 5.14. The number of hydrogen-bond donors (Lipinski definition) is 2. The van der Waals surface area contributed by atoms with E-state index in [2.05, 4.69) is 44.4 Å². The molecule has 1 saturated heterocycles. The van der Waals surface area contributed by atoms with Gasteiger partial charge in [-0.05, 0) is 51.9 Å². The molecule has 3 aromatic rings. The van der Waals surface area contributed by atoms with Crippen LogP contribution in [0.4, 0.5) is 5.82 Å². The van der Waals surface area contributed by atoms with Gasteiger partial charge in [0.05, 0.1) is 29.8 Å². The fourth-order valence-electron chi connectivity index (χ4n) is 3.65. The zero-order chi connectivity index (χ0) is 20.2. The van der Waals surface area contributed by atoms with Crippen LogP contribution in [0, 0.1) is 5.92 Å². The summed E-state index contributed by atoms with van der Waals surface area (Å²) in [4.78, 5) is 30.5. The maximum atomic E-state index is 12.6. The van der Waals surface area contributed by atoms with E-state index in [0.29, 0.717) is 6.42 Å². The number of nitrogens with one attached hydrogen (secondary N) is 2. The molecule has 4 rings (SSSR count). The van der Waals surface area contributed by atoms with Crippen LogP contribution in [0.1, 0.15) is 32.4 Å². The van der Waals surface area contributed by atoms with Gasteiger partial charge in [-0.2, -0.15) is 0 Å². The minimum atomic E-state index is 0.143. The van der Waals surface area contributed by atoms with Gasteiger partial charge >= 0.3 is 0 Å². The smallest absolute Gasteiger partial charge is 0.145 e. The number of ketones is 1. The lowest BCUT2D eigenvalue weighted by Gasteiger charge is -2.21. The number of fused-ring (bicyclic) bond motifs is 1. The third kappa shape index (κ3) is 4.74. The summed E-state index contributed by atoms with van der Waals surface area (Å²) in [6.45, 7) is 5.96. The number of hydrogen-bond acceptors (Lipinski definition) is 7. The lowest BCUT2D eigenvalue weighted by molar-refractivity contribution is -0.123. The van der Waals surface area contributed by atoms with Gasteiger partial charge in [-0.15, -0.1) is 0 Å². The van der Waals surface area contributed by atoms with Gasteiger partial charge in [0.25, 0.3) is 0 Å². The number of Topliss-reactive ketones (excluding diaryl/α,β-unsaturated/α-hetero) is 1. The predicted octanol–water partition coefficient (Wildman–Crippen LogP) is 3.02. The summed E-state index contributed by atoms with van der Waals surface area (Å²) >= 11 is 0. The maximum Gasteiger partial charge on any atom is 0.145 e. The number of carbonyl (C=O) groups is 1. The van der Waals surface area contributed by atoms with E-state index in [1.54, 1.807) is 24.8 Å². The molecule has 7 heteroatoms. The quantitative estimate of drug-likeness (QED) is 0.668. The number of piperidine rings is 1. The Kier molecular flexibility index (Phi) is 5.76. The average molecular weight is 390 g/mol. The Morgan fingerprint density at radius 2 is 1.97 bits per heavy atom. The van der Waals surface area contributed by atoms with Crippen molar-refractivity contribution in [3.63, 3.8) is 0 Å². The van der Waals surface area contributed by atoms with Crippen molar-refractivity contribution >= 4 is 22.5 Å². The molecule has 0 saturated carbocycles. The number of nitrogens with zero attached hydrogens (tertiary/aromatic N) is 4. The molecule has 0 aromatic carbocycles. The van der Waals surface area contributed by atoms with Gasteiger partial charge < -0.3 is 10.6 Å². The predicted molar refractivity (Wildman–Crippen MR) is 114 cm³/mol. The molecule has 0 spiro atoms. The molecular formula is C22H26N6O. The number of rotatable bonds is 6. The topological polar surface area (TPSA) is 92.7 Å². The molecule has 150 valence electrons. The largest absolute Gasteiger partial charge is 0.367 e. The Labute approximate surface area is 170 Å². The van der Waals surface area contributed by atoms with E-state index in [0.717, 1.165) is 59.6 Å². The molecule has 0 atom stereocenters. The minimum Gasteiger partial charge on any atom is -0.367 e. The second kappa shape index (κ2) is 8.61. The fraction of sp³-hybridized carbons (Fsp3) is 0.409. The summed E-state index contributed by atoms with van der Waals surface area (Å²) in [5.74, 6) is 1.16. The second-order valence-electron chi connectivity index (χ2n) is 7.85. The number of aromatic nitrogens is 4. The van der Waals surface area contributed by atoms with Gasteiger partial charge in [0.15, 0.2) is 0 Å². The highest BCUT2D eigenvalue weighted by molar-refractivity contribution is 5.86. The average Bonchev–Trinajstić information content (AvgIpc) is 2.73. The van der Waals surface area contributed by atoms with Gasteiger partial charge in [0.1, 0.15) is 11.6 Å². The van der Waals surface area contributed by atoms with Crippen molar-refractivity contribution in [3.8, 4) is 11.3 Å². The van der Waals surface area contributed by atoms with Gasteiger partial charge in [-0.25, -0.2) is 4.98 Å². The van der Waals surface area contributed by atoms with Crippen LogP contribution < -0.4 is 10.6 Å². The molecule has 1 aliphatic rings. The lowest BCUT2D eigenvalue weighted by Crippen LogP contribution is -2.32. The second-order valence-corrected chi connectivity index (χ2v) is 7.85. The number of anilines is 1. The van der Waals surface area contributed by atoms with Crippen LogP contribution in [0.15, 0.2) is 36.9 Å². The summed E-state index contributed by atoms with van der Waals surface area (Å²) < 4.78 is 0. The highest BCUT2D eigenvalue weighted by atomic mass is 16.1. The van der Waals surface area contributed by atoms with Crippen LogP contribution in [0.2, 0.25) is 0 Å². The molecule has 0 bridgehead atoms. The molecule has 0 radical (unpaired) electrons. The zero-order valence-corrected chi connectivity index (χ0v) is 16.9. The monoisotopic (exact) mass is 390 g/mol. The van der Waals surface area contributed by atoms with Crippen molar-refractivity contribution in [2.75, 3.05) is 18.4 Å². The molecular weight excluding hydrogens is 364 g/mol. The molecule has 1 aliphatic heterocycles. The lowest BCUT2D eigenvalue weighted by atomic mass is 9.91. The summed E-state index contributed by atoms with van der Waals surface area (Å²) in [6.07, 6.45) is 9.18. The first kappa shape index (κ1) is 19.4. The van der Waals surface area contributed by atoms with E-state index in [-0.39, 0.29) is 17.7 Å². The fourth-order valence-corrected chi connectivity index (χ4v) is 3.65. The molecule has 3 aromatic heterocycles. The van der Waals surface area contributed by atoms with Crippen LogP contribution in [-0.2, 0) is 11.2 Å². The van der Waals surface area contributed by atoms with Crippen molar-refractivity contribution in [2.45, 2.75) is 39.2 Å². The van der Waals surface area contributed by atoms with E-state index in [1.165, 1.54) is 0 Å². The summed E-state index contributed by atoms with van der Waals surface area (Å²) in [5.41, 5.74) is 3.24. The molecule has 0 unspecified atom stereocenters. The summed E-state index contributed by atoms with van der Waals surface area (Å²) in [6, 6.07) is 4.28. The van der Waals surface area contributed by atoms with Crippen molar-refractivity contribution in [1.82, 2.24) is 25.3 Å². The first-order chi connectivity index (χ1) is 14.1. The van der Waals surface area contributed by atoms with E-state index in [1.807, 2.05) is 12.1 Å². The van der Waals surface area contributed by atoms with Crippen LogP contribution in [0.5, 0.6) is 0 Å². The Morgan fingerprint density at radius 3 is 2.76 bits per heavy atom. The summed E-state index contributed by atoms with van der Waals surface area (Å²) in [7, 11) is 0. The third-order valence-corrected chi connectivity index (χ3v) is 5.14. The molecule has 0 amide bonds. The van der Waals surface area contributed by atoms with E-state index in [4.69, 9.17) is 0 Å². The van der Waals surface area contributed by atoms with Crippen LogP contribution in [0.25, 0.3) is 22.2 Å². The first-order valence-electron chi connectivity index (χ1n) is 10.2. The Morgan fingerprint density at radius 1 is 1.14 bits per heavy atom. The molecule has 1 fully saturated rings. The van der Waals surface area contributed by atoms with Crippen molar-refractivity contribution in [3.05, 3.63) is 42.6 Å². The highest BCUT2D eigenvalue weighted by Crippen LogP contribution is 2.23. The highest BCUT2D eigenvalue weighted by Gasteiger charge is 2.21. The molecule has 4 heterocycles. The van der Waals surface area contributed by atoms with Crippen molar-refractivity contribution in [2.24, 2.45) is 5.92 Å². The van der Waals surface area contributed by atoms with Gasteiger partial charge in [0.2, 0.25) is 0 Å². The van der Waals surface area contributed by atoms with E-state index in [9.17, 15) is 4.79 Å². The Balaban J connectivity index is 1.57. The van der Waals surface area contributed by atoms with Crippen LogP contribution in [-0.4, -0.2) is 44.9 Å². The SMILES string of the molecule is CC(C)Nc1cncc(-c2cnc3cnc(CC(=O)C4CCNCC4)cc3c2)n1. The standard InChI is InChI=1S/C22H26N6O/c1-14(2)27-22-13-24-11-20(28-22)17-7-16-8-18(25-12-19(16)26-10-17)9-21(29)15-3-5-23-6-4-15/h7-8,10-15,23H,3-6,9H2,1-2H3,(H,27,28). The van der Waals surface area contributed by atoms with Crippen molar-refractivity contribution < 1.29 is 4.79 Å². The maximum absolute atomic E-state index is 12.6. The molecule has 7 nitrogen and oxygen atoms in total. The first-order valence-corrected chi connectivity index (χ1v) is 10.2. The van der Waals surface area contributed by atoms with E-state index < -0.39 is 0 Å². The van der Waals surface area contributed by atoms with Crippen LogP contribution in [0.3, 0.4) is 0 Å². The zero-order valence-electron chi connectivity index (χ0n) is 16.9. The number of pyridine rings is 2. The molecule has 0 aliphatic carbocycles. The molecule has 29 heavy (non-hydrogen) atoms. The van der Waals surface area contributed by atoms with Crippen LogP contribution >= 0.6 is 0 Å². The van der Waals surface area contributed by atoms with Crippen molar-refractivity contribution in [1.29, 1.82) is 0 Å². The van der Waals surface area contributed by atoms with Gasteiger partial charge in [-0.1, -0.05) is 0 Å². The summed E-state index contributed by atoms with van der Waals surface area (Å²) in [5, 5.41) is 7.52. The normalized spacial score (nSPS) is 15.0. The molecule has 2 N–H and O–H groups in total. The van der Waals surface area contributed by atoms with Gasteiger partial charge in [-0.3, -0.25) is 19.7 Å². The Hall–Kier alpha value is -2.93. The van der Waals surface area contributed by atoms with Gasteiger partial charge in [0, 0.05) is 41.2 Å². The Bertz CT molecular complexity index is 1010. The number of carbonyl (C=O) groups excluding carboxylic acids is 1. The van der Waals surface area contributed by atoms with E-state index >= 15 is 0 Å². The minimum absolute atomic E-state index is 0.143.